The Balaban J connectivity index is 1.92. The van der Waals surface area contributed by atoms with Crippen LogP contribution in [0, 0.1) is 17.7 Å². The molecule has 0 spiro atoms. The Kier molecular flexibility index (Phi) is 5.16. The van der Waals surface area contributed by atoms with Crippen molar-refractivity contribution < 1.29 is 14.2 Å². The molecule has 0 aliphatic rings. The molecule has 0 saturated carbocycles. The molecule has 0 aliphatic heterocycles. The summed E-state index contributed by atoms with van der Waals surface area (Å²) in [6.07, 6.45) is 0.772. The smallest absolute Gasteiger partial charge is 0.142 e. The monoisotopic (exact) mass is 270 g/mol. The maximum atomic E-state index is 13.7. The number of hydrogen-bond acceptors (Lipinski definition) is 2. The fourth-order valence-electron chi connectivity index (χ4n) is 1.75. The van der Waals surface area contributed by atoms with Crippen LogP contribution in [0.1, 0.15) is 11.1 Å². The van der Waals surface area contributed by atoms with Crippen molar-refractivity contribution in [2.24, 2.45) is 0 Å². The van der Waals surface area contributed by atoms with E-state index in [-0.39, 0.29) is 12.2 Å². The Morgan fingerprint density at radius 3 is 2.60 bits per heavy atom. The normalized spacial score (nSPS) is 9.70. The Morgan fingerprint density at radius 1 is 1.10 bits per heavy atom. The van der Waals surface area contributed by atoms with Gasteiger partial charge in [-0.15, -0.1) is 0 Å². The van der Waals surface area contributed by atoms with Gasteiger partial charge >= 0.3 is 0 Å². The number of benzene rings is 2. The Bertz CT molecular complexity index is 612. The predicted molar refractivity (Wildman–Crippen MR) is 76.0 cm³/mol. The van der Waals surface area contributed by atoms with E-state index in [0.29, 0.717) is 12.4 Å². The summed E-state index contributed by atoms with van der Waals surface area (Å²) in [6, 6.07) is 14.5. The summed E-state index contributed by atoms with van der Waals surface area (Å²) in [4.78, 5) is 0. The summed E-state index contributed by atoms with van der Waals surface area (Å²) in [7, 11) is 0. The molecule has 2 nitrogen and oxygen atoms in total. The highest BCUT2D eigenvalue weighted by Crippen LogP contribution is 2.16. The van der Waals surface area contributed by atoms with Crippen LogP contribution in [0.4, 0.5) is 4.39 Å². The van der Waals surface area contributed by atoms with Crippen LogP contribution >= 0.6 is 0 Å². The van der Waals surface area contributed by atoms with Crippen LogP contribution in [-0.4, -0.2) is 18.3 Å². The summed E-state index contributed by atoms with van der Waals surface area (Å²) in [6.45, 7) is 0.208. The lowest BCUT2D eigenvalue weighted by Crippen LogP contribution is -2.01. The SMILES string of the molecule is OCC#Cc1ccc(OCCc2ccccc2)cc1F. The molecule has 0 saturated heterocycles. The van der Waals surface area contributed by atoms with Gasteiger partial charge in [-0.2, -0.15) is 0 Å². The highest BCUT2D eigenvalue weighted by Gasteiger charge is 2.02. The lowest BCUT2D eigenvalue weighted by atomic mass is 10.2. The van der Waals surface area contributed by atoms with E-state index in [1.165, 1.54) is 11.6 Å². The van der Waals surface area contributed by atoms with Crippen molar-refractivity contribution in [2.75, 3.05) is 13.2 Å². The van der Waals surface area contributed by atoms with Gasteiger partial charge in [0.2, 0.25) is 0 Å². The van der Waals surface area contributed by atoms with Gasteiger partial charge in [-0.3, -0.25) is 0 Å². The molecule has 2 rings (SSSR count). The Morgan fingerprint density at radius 2 is 1.90 bits per heavy atom. The standard InChI is InChI=1S/C17H15FO2/c18-17-13-16(9-8-15(17)7-4-11-19)20-12-10-14-5-2-1-3-6-14/h1-3,5-6,8-9,13,19H,10-12H2. The Hall–Kier alpha value is -2.31. The van der Waals surface area contributed by atoms with Crippen LogP contribution in [0.15, 0.2) is 48.5 Å². The number of ether oxygens (including phenoxy) is 1. The van der Waals surface area contributed by atoms with Gasteiger partial charge in [-0.1, -0.05) is 42.2 Å². The summed E-state index contributed by atoms with van der Waals surface area (Å²) in [5, 5.41) is 8.58. The maximum Gasteiger partial charge on any atom is 0.142 e. The molecule has 0 atom stereocenters. The van der Waals surface area contributed by atoms with Gasteiger partial charge in [0, 0.05) is 12.5 Å². The minimum Gasteiger partial charge on any atom is -0.493 e. The lowest BCUT2D eigenvalue weighted by molar-refractivity contribution is 0.320. The first-order valence-corrected chi connectivity index (χ1v) is 6.35. The van der Waals surface area contributed by atoms with Gasteiger partial charge in [0.05, 0.1) is 12.2 Å². The fourth-order valence-corrected chi connectivity index (χ4v) is 1.75. The fraction of sp³-hybridized carbons (Fsp3) is 0.176. The molecule has 0 fully saturated rings. The number of aliphatic hydroxyl groups is 1. The number of hydrogen-bond donors (Lipinski definition) is 1. The molecule has 0 heterocycles. The minimum absolute atomic E-state index is 0.259. The average Bonchev–Trinajstić information content (AvgIpc) is 2.47. The van der Waals surface area contributed by atoms with Crippen LogP contribution in [0.25, 0.3) is 0 Å². The molecule has 0 aliphatic carbocycles. The highest BCUT2D eigenvalue weighted by molar-refractivity contribution is 5.39. The summed E-state index contributed by atoms with van der Waals surface area (Å²) >= 11 is 0. The second-order valence-corrected chi connectivity index (χ2v) is 4.19. The summed E-state index contributed by atoms with van der Waals surface area (Å²) < 4.78 is 19.2. The van der Waals surface area contributed by atoms with E-state index < -0.39 is 5.82 Å². The number of aliphatic hydroxyl groups excluding tert-OH is 1. The van der Waals surface area contributed by atoms with Crippen LogP contribution in [0.3, 0.4) is 0 Å². The van der Waals surface area contributed by atoms with Gasteiger partial charge < -0.3 is 9.84 Å². The molecule has 0 unspecified atom stereocenters. The minimum atomic E-state index is -0.442. The molecule has 0 bridgehead atoms. The van der Waals surface area contributed by atoms with Gasteiger partial charge in [0.15, 0.2) is 0 Å². The molecule has 20 heavy (non-hydrogen) atoms. The molecule has 2 aromatic rings. The number of halogens is 1. The van der Waals surface area contributed by atoms with E-state index >= 15 is 0 Å². The number of rotatable bonds is 4. The second kappa shape index (κ2) is 7.32. The van der Waals surface area contributed by atoms with Crippen molar-refractivity contribution in [3.63, 3.8) is 0 Å². The van der Waals surface area contributed by atoms with Gasteiger partial charge in [-0.05, 0) is 17.7 Å². The first-order valence-electron chi connectivity index (χ1n) is 6.35. The van der Waals surface area contributed by atoms with Crippen molar-refractivity contribution >= 4 is 0 Å². The van der Waals surface area contributed by atoms with Crippen LogP contribution in [0.5, 0.6) is 5.75 Å². The highest BCUT2D eigenvalue weighted by atomic mass is 19.1. The maximum absolute atomic E-state index is 13.7. The first kappa shape index (κ1) is 14.1. The topological polar surface area (TPSA) is 29.5 Å². The predicted octanol–water partition coefficient (Wildman–Crippen LogP) is 2.79. The van der Waals surface area contributed by atoms with Crippen molar-refractivity contribution in [1.29, 1.82) is 0 Å². The van der Waals surface area contributed by atoms with Crippen molar-refractivity contribution in [3.05, 3.63) is 65.5 Å². The summed E-state index contributed by atoms with van der Waals surface area (Å²) in [5.74, 6) is 4.99. The molecule has 1 N–H and O–H groups in total. The average molecular weight is 270 g/mol. The van der Waals surface area contributed by atoms with E-state index in [1.807, 2.05) is 30.3 Å². The van der Waals surface area contributed by atoms with Gasteiger partial charge in [0.1, 0.15) is 18.2 Å². The van der Waals surface area contributed by atoms with Crippen LogP contribution in [0.2, 0.25) is 0 Å². The quantitative estimate of drug-likeness (QED) is 0.866. The molecular formula is C17H15FO2. The van der Waals surface area contributed by atoms with Gasteiger partial charge in [0.25, 0.3) is 0 Å². The zero-order valence-electron chi connectivity index (χ0n) is 11.0. The molecule has 3 heteroatoms. The van der Waals surface area contributed by atoms with Crippen LogP contribution in [-0.2, 0) is 6.42 Å². The van der Waals surface area contributed by atoms with E-state index in [9.17, 15) is 4.39 Å². The molecule has 0 amide bonds. The molecule has 2 aromatic carbocycles. The van der Waals surface area contributed by atoms with Crippen molar-refractivity contribution in [2.45, 2.75) is 6.42 Å². The zero-order valence-corrected chi connectivity index (χ0v) is 11.0. The third-order valence-corrected chi connectivity index (χ3v) is 2.74. The van der Waals surface area contributed by atoms with Gasteiger partial charge in [-0.25, -0.2) is 4.39 Å². The van der Waals surface area contributed by atoms with E-state index in [4.69, 9.17) is 9.84 Å². The van der Waals surface area contributed by atoms with Crippen molar-refractivity contribution in [3.8, 4) is 17.6 Å². The zero-order chi connectivity index (χ0) is 14.2. The van der Waals surface area contributed by atoms with E-state index in [0.717, 1.165) is 6.42 Å². The third kappa shape index (κ3) is 4.11. The molecular weight excluding hydrogens is 255 g/mol. The van der Waals surface area contributed by atoms with Crippen molar-refractivity contribution in [1.82, 2.24) is 0 Å². The summed E-state index contributed by atoms with van der Waals surface area (Å²) in [5.41, 5.74) is 1.44. The van der Waals surface area contributed by atoms with E-state index in [2.05, 4.69) is 11.8 Å². The second-order valence-electron chi connectivity index (χ2n) is 4.19. The first-order chi connectivity index (χ1) is 9.79. The molecule has 0 radical (unpaired) electrons. The third-order valence-electron chi connectivity index (χ3n) is 2.74. The molecule has 102 valence electrons. The Labute approximate surface area is 117 Å². The molecule has 0 aromatic heterocycles. The largest absolute Gasteiger partial charge is 0.493 e. The van der Waals surface area contributed by atoms with Crippen LogP contribution < -0.4 is 4.74 Å². The van der Waals surface area contributed by atoms with E-state index in [1.54, 1.807) is 12.1 Å². The lowest BCUT2D eigenvalue weighted by Gasteiger charge is -2.07.